The van der Waals surface area contributed by atoms with E-state index >= 15 is 0 Å². The Morgan fingerprint density at radius 2 is 1.91 bits per heavy atom. The summed E-state index contributed by atoms with van der Waals surface area (Å²) in [6.07, 6.45) is 5.52. The molecule has 1 aliphatic rings. The molecule has 0 spiro atoms. The molecule has 2 aromatic heterocycles. The minimum atomic E-state index is -0.734. The summed E-state index contributed by atoms with van der Waals surface area (Å²) in [5.41, 5.74) is 1.30. The van der Waals surface area contributed by atoms with Gasteiger partial charge in [0.2, 0.25) is 5.91 Å². The minimum absolute atomic E-state index is 0.0230. The Morgan fingerprint density at radius 1 is 1.18 bits per heavy atom. The van der Waals surface area contributed by atoms with Crippen molar-refractivity contribution in [3.05, 3.63) is 65.7 Å². The van der Waals surface area contributed by atoms with Crippen LogP contribution in [0.3, 0.4) is 0 Å². The summed E-state index contributed by atoms with van der Waals surface area (Å²) in [4.78, 5) is 30.4. The summed E-state index contributed by atoms with van der Waals surface area (Å²) >= 11 is 4.75. The van der Waals surface area contributed by atoms with Gasteiger partial charge in [0.05, 0.1) is 24.8 Å². The van der Waals surface area contributed by atoms with Crippen LogP contribution in [-0.2, 0) is 22.6 Å². The number of piperazine rings is 1. The van der Waals surface area contributed by atoms with Crippen molar-refractivity contribution < 1.29 is 18.4 Å². The summed E-state index contributed by atoms with van der Waals surface area (Å²) in [7, 11) is 0. The van der Waals surface area contributed by atoms with Gasteiger partial charge in [-0.25, -0.2) is 13.5 Å². The van der Waals surface area contributed by atoms with Gasteiger partial charge < -0.3 is 15.1 Å². The molecular weight excluding hydrogens is 464 g/mol. The Hall–Kier alpha value is -3.80. The maximum absolute atomic E-state index is 14.9. The molecule has 3 heterocycles. The van der Waals surface area contributed by atoms with E-state index in [2.05, 4.69) is 20.6 Å². The molecule has 1 aromatic carbocycles. The number of halogens is 2. The average Bonchev–Trinajstić information content (AvgIpc) is 3.32. The monoisotopic (exact) mass is 485 g/mol. The highest BCUT2D eigenvalue weighted by Gasteiger charge is 2.26. The second-order valence-electron chi connectivity index (χ2n) is 7.65. The molecule has 176 valence electrons. The van der Waals surface area contributed by atoms with Crippen LogP contribution in [0.25, 0.3) is 5.69 Å². The van der Waals surface area contributed by atoms with Gasteiger partial charge in [0, 0.05) is 50.7 Å². The number of hydrogen-bond donors (Lipinski definition) is 1. The first-order valence-electron chi connectivity index (χ1n) is 10.5. The summed E-state index contributed by atoms with van der Waals surface area (Å²) < 4.78 is 31.1. The zero-order chi connectivity index (χ0) is 24.1. The normalized spacial score (nSPS) is 13.6. The molecule has 34 heavy (non-hydrogen) atoms. The lowest BCUT2D eigenvalue weighted by molar-refractivity contribution is -0.130. The number of nitrogens with one attached hydrogen (secondary N) is 1. The van der Waals surface area contributed by atoms with Crippen LogP contribution < -0.4 is 10.2 Å². The third kappa shape index (κ3) is 5.39. The van der Waals surface area contributed by atoms with Gasteiger partial charge >= 0.3 is 0 Å². The largest absolute Gasteiger partial charge is 0.368 e. The number of pyridine rings is 1. The maximum atomic E-state index is 14.9. The summed E-state index contributed by atoms with van der Waals surface area (Å²) in [6.45, 7) is 1.50. The lowest BCUT2D eigenvalue weighted by Crippen LogP contribution is -2.49. The molecule has 0 saturated carbocycles. The van der Waals surface area contributed by atoms with Crippen LogP contribution in [0.4, 0.5) is 14.5 Å². The molecule has 9 nitrogen and oxygen atoms in total. The van der Waals surface area contributed by atoms with Crippen molar-refractivity contribution in [1.29, 1.82) is 0 Å². The van der Waals surface area contributed by atoms with Gasteiger partial charge in [-0.15, -0.1) is 5.10 Å². The zero-order valence-corrected chi connectivity index (χ0v) is 18.8. The minimum Gasteiger partial charge on any atom is -0.368 e. The van der Waals surface area contributed by atoms with Crippen LogP contribution in [0.2, 0.25) is 0 Å². The van der Waals surface area contributed by atoms with Gasteiger partial charge in [0.1, 0.15) is 16.4 Å². The molecule has 1 N–H and O–H groups in total. The van der Waals surface area contributed by atoms with Gasteiger partial charge in [-0.1, -0.05) is 23.5 Å². The van der Waals surface area contributed by atoms with Crippen LogP contribution in [0.1, 0.15) is 11.3 Å². The number of benzene rings is 1. The predicted octanol–water partition coefficient (Wildman–Crippen LogP) is 1.45. The Morgan fingerprint density at radius 3 is 2.56 bits per heavy atom. The van der Waals surface area contributed by atoms with E-state index in [1.54, 1.807) is 28.3 Å². The molecule has 0 bridgehead atoms. The van der Waals surface area contributed by atoms with Gasteiger partial charge in [-0.05, 0) is 11.6 Å². The molecule has 1 amide bonds. The number of aldehydes is 1. The number of carbonyl (C=O) groups excluding carboxylic acids is 2. The van der Waals surface area contributed by atoms with E-state index in [9.17, 15) is 18.4 Å². The number of aromatic nitrogens is 4. The standard InChI is InChI=1S/C22H21F2N7O2S/c23-18-9-17(31-13-16(27-28-31)12-26-20(34)14-32)10-19(24)22(18)30-6-4-29(5-7-30)21(33)8-15-2-1-3-25-11-15/h1-3,9-11,13-14H,4-8,12H2,(H,26,34). The van der Waals surface area contributed by atoms with E-state index in [-0.39, 0.29) is 35.2 Å². The highest BCUT2D eigenvalue weighted by atomic mass is 32.1. The molecule has 0 atom stereocenters. The summed E-state index contributed by atoms with van der Waals surface area (Å²) in [5.74, 6) is -1.51. The third-order valence-corrected chi connectivity index (χ3v) is 5.63. The van der Waals surface area contributed by atoms with Gasteiger partial charge in [0.25, 0.3) is 0 Å². The zero-order valence-electron chi connectivity index (χ0n) is 18.0. The van der Waals surface area contributed by atoms with Crippen molar-refractivity contribution in [2.75, 3.05) is 31.1 Å². The fourth-order valence-electron chi connectivity index (χ4n) is 3.68. The molecular formula is C22H21F2N7O2S. The van der Waals surface area contributed by atoms with Crippen LogP contribution in [0, 0.1) is 11.6 Å². The molecule has 1 aliphatic heterocycles. The van der Waals surface area contributed by atoms with Gasteiger partial charge in [-0.3, -0.25) is 14.6 Å². The smallest absolute Gasteiger partial charge is 0.227 e. The molecule has 3 aromatic rings. The van der Waals surface area contributed by atoms with Crippen LogP contribution in [-0.4, -0.2) is 68.2 Å². The van der Waals surface area contributed by atoms with Crippen LogP contribution in [0.5, 0.6) is 0 Å². The van der Waals surface area contributed by atoms with Crippen molar-refractivity contribution in [2.24, 2.45) is 0 Å². The Balaban J connectivity index is 1.40. The fourth-order valence-corrected chi connectivity index (χ4v) is 3.75. The van der Waals surface area contributed by atoms with E-state index in [0.717, 1.165) is 5.56 Å². The predicted molar refractivity (Wildman–Crippen MR) is 124 cm³/mol. The average molecular weight is 486 g/mol. The summed E-state index contributed by atoms with van der Waals surface area (Å²) in [6, 6.07) is 5.97. The number of thiocarbonyl (C=S) groups is 1. The van der Waals surface area contributed by atoms with Crippen molar-refractivity contribution in [3.8, 4) is 5.69 Å². The van der Waals surface area contributed by atoms with Crippen molar-refractivity contribution in [3.63, 3.8) is 0 Å². The molecule has 1 saturated heterocycles. The quantitative estimate of drug-likeness (QED) is 0.397. The molecule has 0 radical (unpaired) electrons. The van der Waals surface area contributed by atoms with Gasteiger partial charge in [-0.2, -0.15) is 0 Å². The topological polar surface area (TPSA) is 96.2 Å². The van der Waals surface area contributed by atoms with E-state index in [0.29, 0.717) is 38.2 Å². The maximum Gasteiger partial charge on any atom is 0.227 e. The number of amides is 1. The number of hydrogen-bond acceptors (Lipinski definition) is 7. The lowest BCUT2D eigenvalue weighted by Gasteiger charge is -2.36. The third-order valence-electron chi connectivity index (χ3n) is 5.38. The SMILES string of the molecule is O=CC(=S)NCc1cn(-c2cc(F)c(N3CCN(C(=O)Cc4cccnc4)CC3)c(F)c2)nn1. The second kappa shape index (κ2) is 10.4. The van der Waals surface area contributed by atoms with E-state index in [4.69, 9.17) is 12.2 Å². The first-order chi connectivity index (χ1) is 16.4. The molecule has 0 unspecified atom stereocenters. The molecule has 12 heteroatoms. The lowest BCUT2D eigenvalue weighted by atomic mass is 10.1. The second-order valence-corrected chi connectivity index (χ2v) is 8.09. The fraction of sp³-hybridized carbons (Fsp3) is 0.273. The van der Waals surface area contributed by atoms with Crippen LogP contribution >= 0.6 is 12.2 Å². The van der Waals surface area contributed by atoms with Crippen molar-refractivity contribution >= 4 is 35.1 Å². The number of nitrogens with zero attached hydrogens (tertiary/aromatic N) is 6. The number of carbonyl (C=O) groups is 2. The molecule has 1 fully saturated rings. The number of anilines is 1. The van der Waals surface area contributed by atoms with Crippen molar-refractivity contribution in [2.45, 2.75) is 13.0 Å². The first-order valence-corrected chi connectivity index (χ1v) is 10.9. The first kappa shape index (κ1) is 23.4. The number of rotatable bonds is 7. The Bertz CT molecular complexity index is 1170. The van der Waals surface area contributed by atoms with Crippen molar-refractivity contribution in [1.82, 2.24) is 30.2 Å². The highest BCUT2D eigenvalue weighted by molar-refractivity contribution is 7.81. The van der Waals surface area contributed by atoms with Crippen LogP contribution in [0.15, 0.2) is 42.9 Å². The van der Waals surface area contributed by atoms with Gasteiger partial charge in [0.15, 0.2) is 17.9 Å². The molecule has 0 aliphatic carbocycles. The highest BCUT2D eigenvalue weighted by Crippen LogP contribution is 2.27. The Kier molecular flexibility index (Phi) is 7.16. The van der Waals surface area contributed by atoms with E-state index < -0.39 is 11.6 Å². The van der Waals surface area contributed by atoms with E-state index in [1.165, 1.54) is 23.0 Å². The summed E-state index contributed by atoms with van der Waals surface area (Å²) in [5, 5.41) is 10.5. The Labute approximate surface area is 199 Å². The molecule has 4 rings (SSSR count). The van der Waals surface area contributed by atoms with E-state index in [1.807, 2.05) is 6.07 Å².